The van der Waals surface area contributed by atoms with Gasteiger partial charge in [0.2, 0.25) is 11.0 Å². The number of benzene rings is 2. The van der Waals surface area contributed by atoms with E-state index in [1.165, 1.54) is 17.8 Å². The Morgan fingerprint density at radius 3 is 2.53 bits per heavy atom. The highest BCUT2D eigenvalue weighted by Crippen LogP contribution is 2.28. The average Bonchev–Trinajstić information content (AvgIpc) is 3.20. The van der Waals surface area contributed by atoms with Crippen LogP contribution in [0, 0.1) is 0 Å². The molecule has 1 aromatic heterocycles. The Balaban J connectivity index is 1.41. The first-order valence-electron chi connectivity index (χ1n) is 9.29. The molecule has 168 valence electrons. The number of halogens is 2. The molecule has 0 bridgehead atoms. The van der Waals surface area contributed by atoms with Crippen LogP contribution in [0.25, 0.3) is 0 Å². The van der Waals surface area contributed by atoms with Gasteiger partial charge in [0.1, 0.15) is 11.5 Å². The smallest absolute Gasteiger partial charge is 0.264 e. The van der Waals surface area contributed by atoms with E-state index < -0.39 is 5.91 Å². The zero-order valence-electron chi connectivity index (χ0n) is 16.8. The van der Waals surface area contributed by atoms with Crippen molar-refractivity contribution in [3.8, 4) is 11.5 Å². The van der Waals surface area contributed by atoms with Crippen LogP contribution >= 0.6 is 46.3 Å². The van der Waals surface area contributed by atoms with Gasteiger partial charge in [-0.3, -0.25) is 14.9 Å². The summed E-state index contributed by atoms with van der Waals surface area (Å²) in [6, 6.07) is 11.8. The second kappa shape index (κ2) is 11.9. The van der Waals surface area contributed by atoms with E-state index in [1.54, 1.807) is 36.4 Å². The van der Waals surface area contributed by atoms with Crippen LogP contribution in [0.2, 0.25) is 10.0 Å². The molecule has 0 saturated heterocycles. The minimum absolute atomic E-state index is 0.147. The van der Waals surface area contributed by atoms with Gasteiger partial charge in [-0.15, -0.1) is 10.2 Å². The van der Waals surface area contributed by atoms with Gasteiger partial charge in [0.05, 0.1) is 17.4 Å². The molecule has 0 aliphatic heterocycles. The Morgan fingerprint density at radius 1 is 1.03 bits per heavy atom. The van der Waals surface area contributed by atoms with E-state index >= 15 is 0 Å². The summed E-state index contributed by atoms with van der Waals surface area (Å²) in [6.07, 6.45) is 0. The van der Waals surface area contributed by atoms with E-state index in [2.05, 4.69) is 20.8 Å². The van der Waals surface area contributed by atoms with Crippen molar-refractivity contribution in [3.63, 3.8) is 0 Å². The van der Waals surface area contributed by atoms with Gasteiger partial charge >= 0.3 is 0 Å². The second-order valence-corrected chi connectivity index (χ2v) is 9.12. The topological polar surface area (TPSA) is 102 Å². The van der Waals surface area contributed by atoms with Gasteiger partial charge in [-0.05, 0) is 49.4 Å². The van der Waals surface area contributed by atoms with E-state index in [-0.39, 0.29) is 18.3 Å². The van der Waals surface area contributed by atoms with Gasteiger partial charge in [-0.1, -0.05) is 46.3 Å². The Morgan fingerprint density at radius 2 is 1.81 bits per heavy atom. The van der Waals surface area contributed by atoms with Gasteiger partial charge < -0.3 is 14.8 Å². The lowest BCUT2D eigenvalue weighted by Gasteiger charge is -2.07. The summed E-state index contributed by atoms with van der Waals surface area (Å²) in [6.45, 7) is 2.23. The van der Waals surface area contributed by atoms with Crippen molar-refractivity contribution in [2.45, 2.75) is 11.3 Å². The van der Waals surface area contributed by atoms with Crippen molar-refractivity contribution in [2.75, 3.05) is 29.6 Å². The molecule has 32 heavy (non-hydrogen) atoms. The van der Waals surface area contributed by atoms with E-state index in [0.717, 1.165) is 17.1 Å². The number of nitrogens with one attached hydrogen (secondary N) is 2. The van der Waals surface area contributed by atoms with E-state index in [1.807, 2.05) is 6.92 Å². The van der Waals surface area contributed by atoms with Crippen LogP contribution in [0.1, 0.15) is 6.92 Å². The predicted octanol–water partition coefficient (Wildman–Crippen LogP) is 4.99. The molecule has 0 spiro atoms. The fraction of sp³-hybridized carbons (Fsp3) is 0.200. The van der Waals surface area contributed by atoms with Gasteiger partial charge in [-0.25, -0.2) is 0 Å². The highest BCUT2D eigenvalue weighted by molar-refractivity contribution is 8.01. The molecule has 3 rings (SSSR count). The lowest BCUT2D eigenvalue weighted by Crippen LogP contribution is -2.20. The molecule has 2 aromatic carbocycles. The molecule has 12 heteroatoms. The normalized spacial score (nSPS) is 10.5. The quantitative estimate of drug-likeness (QED) is 0.291. The number of carbonyl (C=O) groups excluding carboxylic acids is 2. The van der Waals surface area contributed by atoms with Crippen molar-refractivity contribution >= 4 is 68.9 Å². The monoisotopic (exact) mass is 512 g/mol. The molecule has 0 saturated carbocycles. The maximum absolute atomic E-state index is 12.1. The van der Waals surface area contributed by atoms with Crippen LogP contribution in [-0.4, -0.2) is 41.0 Å². The molecule has 0 fully saturated rings. The van der Waals surface area contributed by atoms with Gasteiger partial charge in [0.15, 0.2) is 10.9 Å². The van der Waals surface area contributed by atoms with Crippen LogP contribution in [-0.2, 0) is 9.59 Å². The molecular weight excluding hydrogens is 495 g/mol. The van der Waals surface area contributed by atoms with Crippen LogP contribution < -0.4 is 20.1 Å². The molecule has 1 heterocycles. The number of amides is 2. The van der Waals surface area contributed by atoms with Crippen molar-refractivity contribution in [3.05, 3.63) is 52.5 Å². The maximum Gasteiger partial charge on any atom is 0.264 e. The number of hydrogen-bond acceptors (Lipinski definition) is 8. The third-order valence-electron chi connectivity index (χ3n) is 3.68. The molecule has 0 unspecified atom stereocenters. The molecule has 2 N–H and O–H groups in total. The SMILES string of the molecule is CCOc1ccc(NC(=O)CSc2nnc(NC(=O)COc3ccc(Cl)cc3Cl)s2)cc1. The van der Waals surface area contributed by atoms with E-state index in [0.29, 0.717) is 37.6 Å². The minimum atomic E-state index is -0.419. The number of hydrogen-bond donors (Lipinski definition) is 2. The van der Waals surface area contributed by atoms with Crippen molar-refractivity contribution in [1.82, 2.24) is 10.2 Å². The number of aromatic nitrogens is 2. The van der Waals surface area contributed by atoms with E-state index in [9.17, 15) is 9.59 Å². The summed E-state index contributed by atoms with van der Waals surface area (Å²) in [5.74, 6) is 0.627. The minimum Gasteiger partial charge on any atom is -0.494 e. The summed E-state index contributed by atoms with van der Waals surface area (Å²) in [5, 5.41) is 14.3. The van der Waals surface area contributed by atoms with E-state index in [4.69, 9.17) is 32.7 Å². The van der Waals surface area contributed by atoms with Gasteiger partial charge in [-0.2, -0.15) is 0 Å². The summed E-state index contributed by atoms with van der Waals surface area (Å²) >= 11 is 14.2. The van der Waals surface area contributed by atoms with Crippen LogP contribution in [0.5, 0.6) is 11.5 Å². The number of rotatable bonds is 10. The summed E-state index contributed by atoms with van der Waals surface area (Å²) in [4.78, 5) is 24.2. The molecular formula is C20H18Cl2N4O4S2. The highest BCUT2D eigenvalue weighted by Gasteiger charge is 2.12. The van der Waals surface area contributed by atoms with Gasteiger partial charge in [0.25, 0.3) is 5.91 Å². The Labute approximate surface area is 202 Å². The summed E-state index contributed by atoms with van der Waals surface area (Å²) < 4.78 is 11.3. The summed E-state index contributed by atoms with van der Waals surface area (Å²) in [5.41, 5.74) is 0.671. The molecule has 3 aromatic rings. The van der Waals surface area contributed by atoms with Crippen molar-refractivity contribution in [2.24, 2.45) is 0 Å². The lowest BCUT2D eigenvalue weighted by atomic mass is 10.3. The molecule has 2 amide bonds. The first-order valence-corrected chi connectivity index (χ1v) is 11.9. The van der Waals surface area contributed by atoms with Gasteiger partial charge in [0, 0.05) is 10.7 Å². The van der Waals surface area contributed by atoms with Crippen LogP contribution in [0.15, 0.2) is 46.8 Å². The number of carbonyl (C=O) groups is 2. The standard InChI is InChI=1S/C20H18Cl2N4O4S2/c1-2-29-14-6-4-13(5-7-14)23-18(28)11-31-20-26-25-19(32-20)24-17(27)10-30-16-8-3-12(21)9-15(16)22/h3-9H,2,10-11H2,1H3,(H,23,28)(H,24,25,27). The Kier molecular flexibility index (Phi) is 8.98. The zero-order valence-corrected chi connectivity index (χ0v) is 19.9. The maximum atomic E-state index is 12.1. The molecule has 0 atom stereocenters. The molecule has 0 aliphatic rings. The fourth-order valence-corrected chi connectivity index (χ4v) is 4.37. The third kappa shape index (κ3) is 7.56. The second-order valence-electron chi connectivity index (χ2n) is 6.08. The Bertz CT molecular complexity index is 1080. The first kappa shape index (κ1) is 24.1. The number of ether oxygens (including phenoxy) is 2. The predicted molar refractivity (Wildman–Crippen MR) is 127 cm³/mol. The largest absolute Gasteiger partial charge is 0.494 e. The molecule has 8 nitrogen and oxygen atoms in total. The van der Waals surface area contributed by atoms with Crippen LogP contribution in [0.4, 0.5) is 10.8 Å². The number of thioether (sulfide) groups is 1. The number of nitrogens with zero attached hydrogens (tertiary/aromatic N) is 2. The summed E-state index contributed by atoms with van der Waals surface area (Å²) in [7, 11) is 0. The highest BCUT2D eigenvalue weighted by atomic mass is 35.5. The fourth-order valence-electron chi connectivity index (χ4n) is 2.34. The average molecular weight is 513 g/mol. The first-order chi connectivity index (χ1) is 15.4. The lowest BCUT2D eigenvalue weighted by molar-refractivity contribution is -0.118. The van der Waals surface area contributed by atoms with Crippen LogP contribution in [0.3, 0.4) is 0 Å². The Hall–Kier alpha value is -2.53. The van der Waals surface area contributed by atoms with Crippen molar-refractivity contribution < 1.29 is 19.1 Å². The van der Waals surface area contributed by atoms with Crippen molar-refractivity contribution in [1.29, 1.82) is 0 Å². The molecule has 0 aliphatic carbocycles. The molecule has 0 radical (unpaired) electrons. The zero-order chi connectivity index (χ0) is 22.9. The third-order valence-corrected chi connectivity index (χ3v) is 6.18. The number of anilines is 2.